The maximum atomic E-state index is 13.8. The number of piperazine rings is 1. The first-order chi connectivity index (χ1) is 11.1. The third kappa shape index (κ3) is 3.51. The molecule has 4 nitrogen and oxygen atoms in total. The van der Waals surface area contributed by atoms with Crippen LogP contribution in [-0.2, 0) is 0 Å². The maximum absolute atomic E-state index is 13.8. The van der Waals surface area contributed by atoms with Crippen LogP contribution in [0.25, 0.3) is 0 Å². The van der Waals surface area contributed by atoms with Crippen LogP contribution in [0.3, 0.4) is 0 Å². The van der Waals surface area contributed by atoms with E-state index in [1.165, 1.54) is 6.07 Å². The number of para-hydroxylation sites is 1. The summed E-state index contributed by atoms with van der Waals surface area (Å²) in [6.45, 7) is 2.17. The summed E-state index contributed by atoms with van der Waals surface area (Å²) in [6.07, 6.45) is 0. The van der Waals surface area contributed by atoms with Gasteiger partial charge < -0.3 is 15.1 Å². The smallest absolute Gasteiger partial charge is 0.315 e. The van der Waals surface area contributed by atoms with Gasteiger partial charge in [-0.05, 0) is 24.7 Å². The third-order valence-electron chi connectivity index (χ3n) is 4.14. The fourth-order valence-electron chi connectivity index (χ4n) is 2.87. The number of anilines is 1. The molecule has 2 aromatic rings. The molecule has 1 N–H and O–H groups in total. The molecule has 1 aliphatic heterocycles. The van der Waals surface area contributed by atoms with Crippen LogP contribution in [-0.4, -0.2) is 42.5 Å². The number of rotatable bonds is 2. The lowest BCUT2D eigenvalue weighted by atomic mass is 10.0. The number of carbonyl (C=O) groups excluding carboxylic acids is 1. The molecular formula is C18H20FN3O. The number of hydrogen-bond acceptors (Lipinski definition) is 2. The van der Waals surface area contributed by atoms with Crippen molar-refractivity contribution in [1.29, 1.82) is 0 Å². The SMILES string of the molecule is CN1CCN(C(=O)Nc2ccccc2F)[C@@H](c2ccccc2)C1. The predicted octanol–water partition coefficient (Wildman–Crippen LogP) is 3.35. The van der Waals surface area contributed by atoms with Crippen molar-refractivity contribution in [3.05, 3.63) is 66.0 Å². The van der Waals surface area contributed by atoms with Gasteiger partial charge in [0.2, 0.25) is 0 Å². The van der Waals surface area contributed by atoms with Crippen molar-refractivity contribution in [2.24, 2.45) is 0 Å². The molecule has 1 fully saturated rings. The van der Waals surface area contributed by atoms with Crippen LogP contribution in [0.5, 0.6) is 0 Å². The van der Waals surface area contributed by atoms with E-state index >= 15 is 0 Å². The number of halogens is 1. The first-order valence-electron chi connectivity index (χ1n) is 7.71. The van der Waals surface area contributed by atoms with E-state index in [0.717, 1.165) is 18.7 Å². The number of likely N-dealkylation sites (N-methyl/N-ethyl adjacent to an activating group) is 1. The van der Waals surface area contributed by atoms with Gasteiger partial charge in [-0.2, -0.15) is 0 Å². The second-order valence-corrected chi connectivity index (χ2v) is 5.79. The fraction of sp³-hybridized carbons (Fsp3) is 0.278. The van der Waals surface area contributed by atoms with Gasteiger partial charge in [0, 0.05) is 19.6 Å². The summed E-state index contributed by atoms with van der Waals surface area (Å²) in [5.74, 6) is -0.425. The number of benzene rings is 2. The Labute approximate surface area is 135 Å². The molecule has 1 aliphatic rings. The van der Waals surface area contributed by atoms with Gasteiger partial charge in [0.25, 0.3) is 0 Å². The molecule has 1 saturated heterocycles. The zero-order chi connectivity index (χ0) is 16.2. The summed E-state index contributed by atoms with van der Waals surface area (Å²) in [5.41, 5.74) is 1.30. The summed E-state index contributed by atoms with van der Waals surface area (Å²) in [7, 11) is 2.04. The van der Waals surface area contributed by atoms with E-state index < -0.39 is 5.82 Å². The van der Waals surface area contributed by atoms with E-state index in [-0.39, 0.29) is 17.8 Å². The molecule has 120 valence electrons. The molecule has 3 rings (SSSR count). The van der Waals surface area contributed by atoms with Gasteiger partial charge in [0.1, 0.15) is 5.82 Å². The Kier molecular flexibility index (Phi) is 4.57. The third-order valence-corrected chi connectivity index (χ3v) is 4.14. The van der Waals surface area contributed by atoms with Crippen LogP contribution in [0, 0.1) is 5.82 Å². The van der Waals surface area contributed by atoms with Crippen molar-refractivity contribution in [2.75, 3.05) is 32.0 Å². The van der Waals surface area contributed by atoms with Crippen LogP contribution in [0.1, 0.15) is 11.6 Å². The van der Waals surface area contributed by atoms with E-state index in [1.54, 1.807) is 23.1 Å². The van der Waals surface area contributed by atoms with Gasteiger partial charge in [-0.25, -0.2) is 9.18 Å². The van der Waals surface area contributed by atoms with E-state index in [2.05, 4.69) is 10.2 Å². The second-order valence-electron chi connectivity index (χ2n) is 5.79. The lowest BCUT2D eigenvalue weighted by Crippen LogP contribution is -2.50. The molecule has 0 spiro atoms. The minimum Gasteiger partial charge on any atom is -0.315 e. The average Bonchev–Trinajstić information content (AvgIpc) is 2.57. The number of urea groups is 1. The molecule has 2 aromatic carbocycles. The van der Waals surface area contributed by atoms with Crippen molar-refractivity contribution >= 4 is 11.7 Å². The van der Waals surface area contributed by atoms with Crippen LogP contribution in [0.15, 0.2) is 54.6 Å². The molecule has 1 atom stereocenters. The van der Waals surface area contributed by atoms with E-state index in [0.29, 0.717) is 6.54 Å². The monoisotopic (exact) mass is 313 g/mol. The zero-order valence-electron chi connectivity index (χ0n) is 13.1. The van der Waals surface area contributed by atoms with Crippen molar-refractivity contribution in [1.82, 2.24) is 9.80 Å². The summed E-state index contributed by atoms with van der Waals surface area (Å²) >= 11 is 0. The predicted molar refractivity (Wildman–Crippen MR) is 88.8 cm³/mol. The second kappa shape index (κ2) is 6.79. The number of nitrogens with zero attached hydrogens (tertiary/aromatic N) is 2. The number of carbonyl (C=O) groups is 1. The largest absolute Gasteiger partial charge is 0.322 e. The normalized spacial score (nSPS) is 18.7. The van der Waals surface area contributed by atoms with Crippen molar-refractivity contribution in [3.63, 3.8) is 0 Å². The standard InChI is InChI=1S/C18H20FN3O/c1-21-11-12-22(17(13-21)14-7-3-2-4-8-14)18(23)20-16-10-6-5-9-15(16)19/h2-10,17H,11-13H2,1H3,(H,20,23)/t17-/m1/s1. The summed E-state index contributed by atoms with van der Waals surface area (Å²) in [4.78, 5) is 16.6. The lowest BCUT2D eigenvalue weighted by molar-refractivity contribution is 0.116. The first-order valence-corrected chi connectivity index (χ1v) is 7.71. The summed E-state index contributed by atoms with van der Waals surface area (Å²) in [6, 6.07) is 15.9. The summed E-state index contributed by atoms with van der Waals surface area (Å²) in [5, 5.41) is 2.69. The Morgan fingerprint density at radius 3 is 2.52 bits per heavy atom. The zero-order valence-corrected chi connectivity index (χ0v) is 13.1. The molecule has 0 aliphatic carbocycles. The first kappa shape index (κ1) is 15.5. The minimum absolute atomic E-state index is 0.0401. The van der Waals surface area contributed by atoms with Crippen molar-refractivity contribution in [3.8, 4) is 0 Å². The summed E-state index contributed by atoms with van der Waals surface area (Å²) < 4.78 is 13.8. The van der Waals surface area contributed by atoms with Crippen LogP contribution < -0.4 is 5.32 Å². The molecule has 0 aromatic heterocycles. The molecular weight excluding hydrogens is 293 g/mol. The Hall–Kier alpha value is -2.40. The van der Waals surface area contributed by atoms with E-state index in [1.807, 2.05) is 37.4 Å². The topological polar surface area (TPSA) is 35.6 Å². The Morgan fingerprint density at radius 2 is 1.78 bits per heavy atom. The Morgan fingerprint density at radius 1 is 1.09 bits per heavy atom. The lowest BCUT2D eigenvalue weighted by Gasteiger charge is -2.40. The molecule has 0 radical (unpaired) electrons. The quantitative estimate of drug-likeness (QED) is 0.923. The number of hydrogen-bond donors (Lipinski definition) is 1. The molecule has 0 bridgehead atoms. The van der Waals surface area contributed by atoms with Gasteiger partial charge in [0.15, 0.2) is 0 Å². The maximum Gasteiger partial charge on any atom is 0.322 e. The van der Waals surface area contributed by atoms with E-state index in [4.69, 9.17) is 0 Å². The highest BCUT2D eigenvalue weighted by atomic mass is 19.1. The number of amides is 2. The highest BCUT2D eigenvalue weighted by molar-refractivity contribution is 5.89. The van der Waals surface area contributed by atoms with Crippen LogP contribution in [0.4, 0.5) is 14.9 Å². The molecule has 2 amide bonds. The highest BCUT2D eigenvalue weighted by Gasteiger charge is 2.30. The van der Waals surface area contributed by atoms with E-state index in [9.17, 15) is 9.18 Å². The van der Waals surface area contributed by atoms with Crippen LogP contribution in [0.2, 0.25) is 0 Å². The minimum atomic E-state index is -0.425. The van der Waals surface area contributed by atoms with Crippen molar-refractivity contribution < 1.29 is 9.18 Å². The fourth-order valence-corrected chi connectivity index (χ4v) is 2.87. The molecule has 23 heavy (non-hydrogen) atoms. The Bertz CT molecular complexity index is 677. The molecule has 0 saturated carbocycles. The van der Waals surface area contributed by atoms with Gasteiger partial charge in [-0.1, -0.05) is 42.5 Å². The molecule has 1 heterocycles. The van der Waals surface area contributed by atoms with Gasteiger partial charge >= 0.3 is 6.03 Å². The van der Waals surface area contributed by atoms with Gasteiger partial charge in [-0.15, -0.1) is 0 Å². The Balaban J connectivity index is 1.81. The number of nitrogens with one attached hydrogen (secondary N) is 1. The van der Waals surface area contributed by atoms with Gasteiger partial charge in [-0.3, -0.25) is 0 Å². The average molecular weight is 313 g/mol. The molecule has 5 heteroatoms. The highest BCUT2D eigenvalue weighted by Crippen LogP contribution is 2.26. The molecule has 0 unspecified atom stereocenters. The van der Waals surface area contributed by atoms with Crippen molar-refractivity contribution in [2.45, 2.75) is 6.04 Å². The van der Waals surface area contributed by atoms with Crippen LogP contribution >= 0.6 is 0 Å². The van der Waals surface area contributed by atoms with Gasteiger partial charge in [0.05, 0.1) is 11.7 Å².